The van der Waals surface area contributed by atoms with Gasteiger partial charge in [-0.1, -0.05) is 6.92 Å². The molecule has 84 valence electrons. The number of nitrogens with two attached hydrogens (primary N) is 1. The Balaban J connectivity index is 2.32. The zero-order valence-corrected chi connectivity index (χ0v) is 9.70. The molecule has 0 aromatic carbocycles. The van der Waals surface area contributed by atoms with E-state index in [0.717, 1.165) is 18.0 Å². The minimum absolute atomic E-state index is 0.432. The Morgan fingerprint density at radius 2 is 2.38 bits per heavy atom. The van der Waals surface area contributed by atoms with Gasteiger partial charge in [-0.15, -0.1) is 0 Å². The molecule has 0 aliphatic rings. The predicted octanol–water partition coefficient (Wildman–Crippen LogP) is 1.97. The van der Waals surface area contributed by atoms with Crippen molar-refractivity contribution in [1.82, 2.24) is 14.3 Å². The second kappa shape index (κ2) is 4.89. The van der Waals surface area contributed by atoms with Crippen molar-refractivity contribution < 1.29 is 4.74 Å². The van der Waals surface area contributed by atoms with Crippen LogP contribution in [0.2, 0.25) is 0 Å². The van der Waals surface area contributed by atoms with Gasteiger partial charge in [-0.05, 0) is 18.6 Å². The Morgan fingerprint density at radius 3 is 3.06 bits per heavy atom. The molecule has 2 rings (SSSR count). The number of anilines is 1. The van der Waals surface area contributed by atoms with E-state index in [-0.39, 0.29) is 0 Å². The van der Waals surface area contributed by atoms with E-state index in [1.54, 1.807) is 6.20 Å². The number of nitrogens with zero attached hydrogens (tertiary/aromatic N) is 3. The van der Waals surface area contributed by atoms with Crippen molar-refractivity contribution in [2.45, 2.75) is 13.3 Å². The normalized spacial score (nSPS) is 10.3. The van der Waals surface area contributed by atoms with Gasteiger partial charge in [0, 0.05) is 17.7 Å². The second-order valence-electron chi connectivity index (χ2n) is 3.15. The number of hydrogen-bond acceptors (Lipinski definition) is 6. The Labute approximate surface area is 97.5 Å². The van der Waals surface area contributed by atoms with Crippen molar-refractivity contribution in [3.63, 3.8) is 0 Å². The lowest BCUT2D eigenvalue weighted by Crippen LogP contribution is -1.98. The van der Waals surface area contributed by atoms with E-state index in [1.165, 1.54) is 0 Å². The van der Waals surface area contributed by atoms with Crippen LogP contribution in [0.15, 0.2) is 18.3 Å². The Hall–Kier alpha value is -1.69. The molecule has 0 aliphatic heterocycles. The maximum Gasteiger partial charge on any atom is 0.200 e. The van der Waals surface area contributed by atoms with E-state index in [4.69, 9.17) is 10.5 Å². The molecule has 0 fully saturated rings. The molecule has 2 heterocycles. The SMILES string of the molecule is CCCOc1cccnc1-c1nsc(N)n1. The molecule has 2 aromatic heterocycles. The van der Waals surface area contributed by atoms with Crippen molar-refractivity contribution in [3.8, 4) is 17.3 Å². The third kappa shape index (κ3) is 2.27. The number of ether oxygens (including phenoxy) is 1. The first kappa shape index (κ1) is 10.8. The summed E-state index contributed by atoms with van der Waals surface area (Å²) >= 11 is 1.15. The average Bonchev–Trinajstić information content (AvgIpc) is 2.73. The van der Waals surface area contributed by atoms with Gasteiger partial charge in [-0.25, -0.2) is 4.98 Å². The van der Waals surface area contributed by atoms with Crippen LogP contribution in [0.4, 0.5) is 5.13 Å². The third-order valence-corrected chi connectivity index (χ3v) is 2.43. The minimum Gasteiger partial charge on any atom is -0.491 e. The van der Waals surface area contributed by atoms with E-state index < -0.39 is 0 Å². The van der Waals surface area contributed by atoms with Gasteiger partial charge in [0.1, 0.15) is 5.75 Å². The monoisotopic (exact) mass is 236 g/mol. The molecule has 5 nitrogen and oxygen atoms in total. The van der Waals surface area contributed by atoms with Gasteiger partial charge in [0.25, 0.3) is 0 Å². The summed E-state index contributed by atoms with van der Waals surface area (Å²) in [4.78, 5) is 8.31. The van der Waals surface area contributed by atoms with Crippen LogP contribution < -0.4 is 10.5 Å². The highest BCUT2D eigenvalue weighted by atomic mass is 32.1. The Kier molecular flexibility index (Phi) is 3.31. The highest BCUT2D eigenvalue weighted by Gasteiger charge is 2.11. The maximum absolute atomic E-state index is 5.57. The molecule has 0 amide bonds. The molecule has 0 spiro atoms. The van der Waals surface area contributed by atoms with E-state index in [9.17, 15) is 0 Å². The van der Waals surface area contributed by atoms with Crippen LogP contribution in [0.3, 0.4) is 0 Å². The van der Waals surface area contributed by atoms with E-state index >= 15 is 0 Å². The molecule has 2 N–H and O–H groups in total. The smallest absolute Gasteiger partial charge is 0.200 e. The van der Waals surface area contributed by atoms with Crippen LogP contribution >= 0.6 is 11.5 Å². The Bertz CT molecular complexity index is 471. The lowest BCUT2D eigenvalue weighted by atomic mass is 10.3. The number of hydrogen-bond donors (Lipinski definition) is 1. The van der Waals surface area contributed by atoms with Crippen molar-refractivity contribution in [2.24, 2.45) is 0 Å². The standard InChI is InChI=1S/C10H12N4OS/c1-2-6-15-7-4-3-5-12-8(7)9-13-10(11)16-14-9/h3-5H,2,6H2,1H3,(H2,11,13,14). The summed E-state index contributed by atoms with van der Waals surface area (Å²) < 4.78 is 9.69. The summed E-state index contributed by atoms with van der Waals surface area (Å²) in [5.74, 6) is 1.22. The number of pyridine rings is 1. The Morgan fingerprint density at radius 1 is 1.50 bits per heavy atom. The van der Waals surface area contributed by atoms with E-state index in [0.29, 0.717) is 29.0 Å². The van der Waals surface area contributed by atoms with Gasteiger partial charge >= 0.3 is 0 Å². The molecule has 0 radical (unpaired) electrons. The first-order chi connectivity index (χ1) is 7.81. The fourth-order valence-electron chi connectivity index (χ4n) is 1.22. The molecular formula is C10H12N4OS. The van der Waals surface area contributed by atoms with E-state index in [1.807, 2.05) is 12.1 Å². The van der Waals surface area contributed by atoms with Crippen LogP contribution in [0.25, 0.3) is 11.5 Å². The molecule has 0 unspecified atom stereocenters. The molecule has 0 saturated carbocycles. The van der Waals surface area contributed by atoms with Gasteiger partial charge in [0.05, 0.1) is 6.61 Å². The van der Waals surface area contributed by atoms with Gasteiger partial charge in [-0.2, -0.15) is 9.36 Å². The molecule has 0 saturated heterocycles. The largest absolute Gasteiger partial charge is 0.491 e. The molecule has 0 atom stereocenters. The van der Waals surface area contributed by atoms with Gasteiger partial charge in [-0.3, -0.25) is 0 Å². The molecule has 2 aromatic rings. The van der Waals surface area contributed by atoms with Crippen LogP contribution in [0.1, 0.15) is 13.3 Å². The summed E-state index contributed by atoms with van der Waals surface area (Å²) in [6.07, 6.45) is 2.63. The summed E-state index contributed by atoms with van der Waals surface area (Å²) in [7, 11) is 0. The van der Waals surface area contributed by atoms with Gasteiger partial charge in [0.2, 0.25) is 0 Å². The molecule has 0 aliphatic carbocycles. The van der Waals surface area contributed by atoms with Crippen molar-refractivity contribution in [2.75, 3.05) is 12.3 Å². The fraction of sp³-hybridized carbons (Fsp3) is 0.300. The van der Waals surface area contributed by atoms with Crippen LogP contribution in [0, 0.1) is 0 Å². The topological polar surface area (TPSA) is 73.9 Å². The van der Waals surface area contributed by atoms with Crippen molar-refractivity contribution in [1.29, 1.82) is 0 Å². The predicted molar refractivity (Wildman–Crippen MR) is 63.3 cm³/mol. The van der Waals surface area contributed by atoms with E-state index in [2.05, 4.69) is 21.3 Å². The highest BCUT2D eigenvalue weighted by Crippen LogP contribution is 2.26. The van der Waals surface area contributed by atoms with Crippen LogP contribution in [-0.2, 0) is 0 Å². The zero-order valence-electron chi connectivity index (χ0n) is 8.88. The van der Waals surface area contributed by atoms with Crippen LogP contribution in [0.5, 0.6) is 5.75 Å². The highest BCUT2D eigenvalue weighted by molar-refractivity contribution is 7.09. The number of aromatic nitrogens is 3. The lowest BCUT2D eigenvalue weighted by molar-refractivity contribution is 0.317. The fourth-order valence-corrected chi connectivity index (χ4v) is 1.65. The zero-order chi connectivity index (χ0) is 11.4. The number of rotatable bonds is 4. The maximum atomic E-state index is 5.57. The molecular weight excluding hydrogens is 224 g/mol. The van der Waals surface area contributed by atoms with Crippen molar-refractivity contribution >= 4 is 16.7 Å². The lowest BCUT2D eigenvalue weighted by Gasteiger charge is -2.06. The quantitative estimate of drug-likeness (QED) is 0.878. The molecule has 0 bridgehead atoms. The third-order valence-electron chi connectivity index (χ3n) is 1.89. The molecule has 6 heteroatoms. The summed E-state index contributed by atoms with van der Waals surface area (Å²) in [5, 5.41) is 0.432. The molecule has 16 heavy (non-hydrogen) atoms. The number of nitrogen functional groups attached to an aromatic ring is 1. The summed E-state index contributed by atoms with van der Waals surface area (Å²) in [5.41, 5.74) is 6.18. The van der Waals surface area contributed by atoms with Crippen LogP contribution in [-0.4, -0.2) is 20.9 Å². The second-order valence-corrected chi connectivity index (χ2v) is 3.94. The van der Waals surface area contributed by atoms with Gasteiger partial charge < -0.3 is 10.5 Å². The summed E-state index contributed by atoms with van der Waals surface area (Å²) in [6, 6.07) is 3.68. The van der Waals surface area contributed by atoms with Gasteiger partial charge in [0.15, 0.2) is 16.6 Å². The van der Waals surface area contributed by atoms with Crippen molar-refractivity contribution in [3.05, 3.63) is 18.3 Å². The minimum atomic E-state index is 0.432. The summed E-state index contributed by atoms with van der Waals surface area (Å²) in [6.45, 7) is 2.70. The average molecular weight is 236 g/mol. The first-order valence-electron chi connectivity index (χ1n) is 4.98. The first-order valence-corrected chi connectivity index (χ1v) is 5.76.